The Balaban J connectivity index is 1.92. The molecule has 0 aliphatic heterocycles. The molecule has 0 saturated heterocycles. The van der Waals surface area contributed by atoms with Crippen molar-refractivity contribution in [2.45, 2.75) is 57.9 Å². The van der Waals surface area contributed by atoms with E-state index in [0.29, 0.717) is 5.41 Å². The summed E-state index contributed by atoms with van der Waals surface area (Å²) in [7, 11) is 0. The van der Waals surface area contributed by atoms with E-state index in [9.17, 15) is 0 Å². The van der Waals surface area contributed by atoms with E-state index >= 15 is 0 Å². The van der Waals surface area contributed by atoms with Gasteiger partial charge < -0.3 is 10.6 Å². The molecule has 2 aliphatic rings. The summed E-state index contributed by atoms with van der Waals surface area (Å²) < 4.78 is 0. The molecule has 2 nitrogen and oxygen atoms in total. The van der Waals surface area contributed by atoms with Gasteiger partial charge in [0.1, 0.15) is 0 Å². The topological polar surface area (TPSA) is 29.3 Å². The normalized spacial score (nSPS) is 25.8. The Hall–Kier alpha value is -0.0800. The fourth-order valence-corrected chi connectivity index (χ4v) is 3.10. The van der Waals surface area contributed by atoms with Crippen molar-refractivity contribution in [2.75, 3.05) is 19.6 Å². The van der Waals surface area contributed by atoms with E-state index in [1.807, 2.05) is 0 Å². The number of hydrogen-bond acceptors (Lipinski definition) is 2. The van der Waals surface area contributed by atoms with Crippen LogP contribution in [0.4, 0.5) is 0 Å². The number of rotatable bonds is 5. The second-order valence-electron chi connectivity index (χ2n) is 5.56. The Morgan fingerprint density at radius 1 is 1.20 bits per heavy atom. The minimum Gasteiger partial charge on any atom is -0.330 e. The lowest BCUT2D eigenvalue weighted by Gasteiger charge is -2.40. The molecular formula is C13H26N2. The lowest BCUT2D eigenvalue weighted by Crippen LogP contribution is -2.44. The van der Waals surface area contributed by atoms with Gasteiger partial charge in [-0.25, -0.2) is 0 Å². The fraction of sp³-hybridized carbons (Fsp3) is 1.00. The van der Waals surface area contributed by atoms with Gasteiger partial charge >= 0.3 is 0 Å². The highest BCUT2D eigenvalue weighted by atomic mass is 15.2. The molecule has 0 unspecified atom stereocenters. The molecule has 0 bridgehead atoms. The van der Waals surface area contributed by atoms with Gasteiger partial charge in [-0.05, 0) is 44.2 Å². The Labute approximate surface area is 94.2 Å². The van der Waals surface area contributed by atoms with Crippen LogP contribution in [0.3, 0.4) is 0 Å². The van der Waals surface area contributed by atoms with Gasteiger partial charge in [0.2, 0.25) is 0 Å². The van der Waals surface area contributed by atoms with Crippen molar-refractivity contribution >= 4 is 0 Å². The lowest BCUT2D eigenvalue weighted by atomic mass is 9.73. The standard InChI is InChI=1S/C13H26N2/c1-2-15(12-6-7-12)11-13(10-14)8-4-3-5-9-13/h12H,2-11,14H2,1H3. The average Bonchev–Trinajstić information content (AvgIpc) is 3.11. The second kappa shape index (κ2) is 4.84. The van der Waals surface area contributed by atoms with E-state index in [-0.39, 0.29) is 0 Å². The number of hydrogen-bond donors (Lipinski definition) is 1. The molecule has 2 heteroatoms. The maximum atomic E-state index is 6.04. The van der Waals surface area contributed by atoms with Gasteiger partial charge in [-0.15, -0.1) is 0 Å². The molecule has 88 valence electrons. The maximum absolute atomic E-state index is 6.04. The molecule has 0 aromatic heterocycles. The van der Waals surface area contributed by atoms with E-state index in [1.54, 1.807) is 0 Å². The summed E-state index contributed by atoms with van der Waals surface area (Å²) in [5, 5.41) is 0. The van der Waals surface area contributed by atoms with Crippen LogP contribution in [-0.4, -0.2) is 30.6 Å². The minimum atomic E-state index is 0.469. The minimum absolute atomic E-state index is 0.469. The maximum Gasteiger partial charge on any atom is 0.00965 e. The highest BCUT2D eigenvalue weighted by molar-refractivity contribution is 4.91. The van der Waals surface area contributed by atoms with Crippen LogP contribution < -0.4 is 5.73 Å². The SMILES string of the molecule is CCN(CC1(CN)CCCCC1)C1CC1. The van der Waals surface area contributed by atoms with Gasteiger partial charge in [0.15, 0.2) is 0 Å². The number of nitrogens with two attached hydrogens (primary N) is 1. The van der Waals surface area contributed by atoms with Gasteiger partial charge in [-0.3, -0.25) is 0 Å². The first-order chi connectivity index (χ1) is 7.29. The molecule has 0 amide bonds. The molecule has 0 aromatic carbocycles. The largest absolute Gasteiger partial charge is 0.330 e. The summed E-state index contributed by atoms with van der Waals surface area (Å²) >= 11 is 0. The first kappa shape index (κ1) is 11.4. The molecule has 2 rings (SSSR count). The zero-order chi connectivity index (χ0) is 10.7. The van der Waals surface area contributed by atoms with Gasteiger partial charge in [0, 0.05) is 12.6 Å². The predicted molar refractivity (Wildman–Crippen MR) is 64.8 cm³/mol. The third-order valence-corrected chi connectivity index (χ3v) is 4.36. The van der Waals surface area contributed by atoms with E-state index in [4.69, 9.17) is 5.73 Å². The van der Waals surface area contributed by atoms with Crippen molar-refractivity contribution in [3.05, 3.63) is 0 Å². The van der Waals surface area contributed by atoms with Crippen LogP contribution in [0.2, 0.25) is 0 Å². The Morgan fingerprint density at radius 2 is 1.87 bits per heavy atom. The molecule has 2 saturated carbocycles. The lowest BCUT2D eigenvalue weighted by molar-refractivity contribution is 0.110. The quantitative estimate of drug-likeness (QED) is 0.755. The molecule has 0 atom stereocenters. The van der Waals surface area contributed by atoms with Crippen LogP contribution in [0.5, 0.6) is 0 Å². The third kappa shape index (κ3) is 2.73. The summed E-state index contributed by atoms with van der Waals surface area (Å²) in [6, 6.07) is 0.903. The van der Waals surface area contributed by atoms with Crippen LogP contribution in [0.25, 0.3) is 0 Å². The van der Waals surface area contributed by atoms with Crippen molar-refractivity contribution in [3.8, 4) is 0 Å². The summed E-state index contributed by atoms with van der Waals surface area (Å²) in [6.45, 7) is 5.68. The van der Waals surface area contributed by atoms with Crippen LogP contribution in [0, 0.1) is 5.41 Å². The van der Waals surface area contributed by atoms with Crippen molar-refractivity contribution in [1.29, 1.82) is 0 Å². The van der Waals surface area contributed by atoms with Crippen molar-refractivity contribution in [2.24, 2.45) is 11.1 Å². The monoisotopic (exact) mass is 210 g/mol. The van der Waals surface area contributed by atoms with Crippen molar-refractivity contribution < 1.29 is 0 Å². The molecule has 15 heavy (non-hydrogen) atoms. The molecule has 0 heterocycles. The van der Waals surface area contributed by atoms with Gasteiger partial charge in [0.05, 0.1) is 0 Å². The van der Waals surface area contributed by atoms with Crippen LogP contribution >= 0.6 is 0 Å². The van der Waals surface area contributed by atoms with Crippen LogP contribution in [0.15, 0.2) is 0 Å². The predicted octanol–water partition coefficient (Wildman–Crippen LogP) is 2.38. The summed E-state index contributed by atoms with van der Waals surface area (Å²) in [6.07, 6.45) is 9.82. The molecular weight excluding hydrogens is 184 g/mol. The molecule has 0 aromatic rings. The first-order valence-electron chi connectivity index (χ1n) is 6.74. The first-order valence-corrected chi connectivity index (χ1v) is 6.74. The molecule has 2 fully saturated rings. The average molecular weight is 210 g/mol. The van der Waals surface area contributed by atoms with Crippen molar-refractivity contribution in [3.63, 3.8) is 0 Å². The molecule has 2 aliphatic carbocycles. The Bertz CT molecular complexity index is 193. The van der Waals surface area contributed by atoms with Crippen LogP contribution in [0.1, 0.15) is 51.9 Å². The molecule has 0 spiro atoms. The summed E-state index contributed by atoms with van der Waals surface area (Å²) in [5.41, 5.74) is 6.50. The summed E-state index contributed by atoms with van der Waals surface area (Å²) in [4.78, 5) is 2.68. The van der Waals surface area contributed by atoms with E-state index < -0.39 is 0 Å². The zero-order valence-electron chi connectivity index (χ0n) is 10.2. The van der Waals surface area contributed by atoms with Gasteiger partial charge in [0.25, 0.3) is 0 Å². The van der Waals surface area contributed by atoms with Gasteiger partial charge in [-0.1, -0.05) is 26.2 Å². The summed E-state index contributed by atoms with van der Waals surface area (Å²) in [5.74, 6) is 0. The molecule has 0 radical (unpaired) electrons. The fourth-order valence-electron chi connectivity index (χ4n) is 3.10. The molecule has 2 N–H and O–H groups in total. The zero-order valence-corrected chi connectivity index (χ0v) is 10.2. The van der Waals surface area contributed by atoms with Gasteiger partial charge in [-0.2, -0.15) is 0 Å². The van der Waals surface area contributed by atoms with E-state index in [2.05, 4.69) is 11.8 Å². The number of nitrogens with zero attached hydrogens (tertiary/aromatic N) is 1. The highest BCUT2D eigenvalue weighted by Crippen LogP contribution is 2.38. The third-order valence-electron chi connectivity index (χ3n) is 4.36. The highest BCUT2D eigenvalue weighted by Gasteiger charge is 2.36. The Kier molecular flexibility index (Phi) is 3.68. The van der Waals surface area contributed by atoms with E-state index in [1.165, 1.54) is 58.0 Å². The Morgan fingerprint density at radius 3 is 2.33 bits per heavy atom. The van der Waals surface area contributed by atoms with Crippen molar-refractivity contribution in [1.82, 2.24) is 4.90 Å². The second-order valence-corrected chi connectivity index (χ2v) is 5.56. The van der Waals surface area contributed by atoms with Crippen LogP contribution in [-0.2, 0) is 0 Å². The smallest absolute Gasteiger partial charge is 0.00965 e. The van der Waals surface area contributed by atoms with E-state index in [0.717, 1.165) is 12.6 Å².